The SMILES string of the molecule is C=Nc1ccc(N(CC(=O)OCC)CC(=O)OCC)cc1F. The van der Waals surface area contributed by atoms with Gasteiger partial charge >= 0.3 is 11.9 Å². The molecule has 0 heterocycles. The van der Waals surface area contributed by atoms with Gasteiger partial charge in [-0.15, -0.1) is 0 Å². The molecule has 0 unspecified atom stereocenters. The summed E-state index contributed by atoms with van der Waals surface area (Å²) in [5, 5.41) is 0. The van der Waals surface area contributed by atoms with Crippen molar-refractivity contribution in [3.05, 3.63) is 24.0 Å². The fourth-order valence-electron chi connectivity index (χ4n) is 1.78. The molecule has 7 heteroatoms. The number of ether oxygens (including phenoxy) is 2. The first-order valence-corrected chi connectivity index (χ1v) is 6.84. The molecular weight excluding hydrogens is 291 g/mol. The zero-order valence-electron chi connectivity index (χ0n) is 12.7. The molecule has 0 spiro atoms. The van der Waals surface area contributed by atoms with Gasteiger partial charge in [-0.05, 0) is 38.8 Å². The van der Waals surface area contributed by atoms with Gasteiger partial charge in [-0.25, -0.2) is 4.39 Å². The molecule has 0 saturated heterocycles. The molecule has 0 aliphatic carbocycles. The highest BCUT2D eigenvalue weighted by Gasteiger charge is 2.18. The predicted octanol–water partition coefficient (Wildman–Crippen LogP) is 2.09. The zero-order chi connectivity index (χ0) is 16.5. The first-order chi connectivity index (χ1) is 10.5. The van der Waals surface area contributed by atoms with Crippen LogP contribution in [-0.4, -0.2) is 45.0 Å². The van der Waals surface area contributed by atoms with Crippen LogP contribution in [-0.2, 0) is 19.1 Å². The third-order valence-corrected chi connectivity index (χ3v) is 2.72. The van der Waals surface area contributed by atoms with Crippen LogP contribution in [0.25, 0.3) is 0 Å². The molecule has 0 saturated carbocycles. The molecule has 1 aromatic carbocycles. The van der Waals surface area contributed by atoms with Gasteiger partial charge in [-0.3, -0.25) is 14.6 Å². The molecule has 6 nitrogen and oxygen atoms in total. The largest absolute Gasteiger partial charge is 0.465 e. The number of rotatable bonds is 8. The lowest BCUT2D eigenvalue weighted by molar-refractivity contribution is -0.142. The lowest BCUT2D eigenvalue weighted by Gasteiger charge is -2.23. The predicted molar refractivity (Wildman–Crippen MR) is 81.1 cm³/mol. The molecule has 0 aliphatic rings. The standard InChI is InChI=1S/C15H19FN2O4/c1-4-21-14(19)9-18(10-15(20)22-5-2)11-6-7-13(17-3)12(16)8-11/h6-8H,3-5,9-10H2,1-2H3. The van der Waals surface area contributed by atoms with Crippen LogP contribution in [0.4, 0.5) is 15.8 Å². The average Bonchev–Trinajstić information content (AvgIpc) is 2.47. The van der Waals surface area contributed by atoms with Crippen molar-refractivity contribution in [3.8, 4) is 0 Å². The number of halogens is 1. The second-order valence-corrected chi connectivity index (χ2v) is 4.26. The third kappa shape index (κ3) is 5.16. The Labute approximate surface area is 128 Å². The van der Waals surface area contributed by atoms with Gasteiger partial charge < -0.3 is 14.4 Å². The van der Waals surface area contributed by atoms with Gasteiger partial charge in [0.2, 0.25) is 0 Å². The molecule has 120 valence electrons. The number of carbonyl (C=O) groups is 2. The number of hydrogen-bond acceptors (Lipinski definition) is 6. The number of esters is 2. The van der Waals surface area contributed by atoms with Crippen molar-refractivity contribution in [2.75, 3.05) is 31.2 Å². The summed E-state index contributed by atoms with van der Waals surface area (Å²) in [6.45, 7) is 6.69. The Bertz CT molecular complexity index is 528. The van der Waals surface area contributed by atoms with Crippen molar-refractivity contribution < 1.29 is 23.5 Å². The quantitative estimate of drug-likeness (QED) is 0.543. The fraction of sp³-hybridized carbons (Fsp3) is 0.400. The van der Waals surface area contributed by atoms with Gasteiger partial charge in [0.05, 0.1) is 18.9 Å². The van der Waals surface area contributed by atoms with Crippen LogP contribution in [0.15, 0.2) is 23.2 Å². The van der Waals surface area contributed by atoms with E-state index in [2.05, 4.69) is 11.7 Å². The van der Waals surface area contributed by atoms with Crippen LogP contribution < -0.4 is 4.90 Å². The summed E-state index contributed by atoms with van der Waals surface area (Å²) in [5.74, 6) is -1.62. The smallest absolute Gasteiger partial charge is 0.325 e. The van der Waals surface area contributed by atoms with Crippen LogP contribution >= 0.6 is 0 Å². The minimum absolute atomic E-state index is 0.0935. The van der Waals surface area contributed by atoms with Crippen molar-refractivity contribution in [2.45, 2.75) is 13.8 Å². The summed E-state index contributed by atoms with van der Waals surface area (Å²) in [6, 6.07) is 4.15. The highest BCUT2D eigenvalue weighted by atomic mass is 19.1. The highest BCUT2D eigenvalue weighted by Crippen LogP contribution is 2.23. The van der Waals surface area contributed by atoms with Crippen molar-refractivity contribution in [3.63, 3.8) is 0 Å². The molecule has 0 atom stereocenters. The maximum atomic E-state index is 13.8. The molecule has 0 amide bonds. The zero-order valence-corrected chi connectivity index (χ0v) is 12.7. The number of carbonyl (C=O) groups excluding carboxylic acids is 2. The molecule has 0 radical (unpaired) electrons. The van der Waals surface area contributed by atoms with E-state index in [1.165, 1.54) is 17.0 Å². The number of benzene rings is 1. The molecular formula is C15H19FN2O4. The highest BCUT2D eigenvalue weighted by molar-refractivity contribution is 5.81. The second-order valence-electron chi connectivity index (χ2n) is 4.26. The normalized spacial score (nSPS) is 9.95. The Kier molecular flexibility index (Phi) is 7.01. The molecule has 1 aromatic rings. The van der Waals surface area contributed by atoms with E-state index >= 15 is 0 Å². The van der Waals surface area contributed by atoms with Gasteiger partial charge in [-0.1, -0.05) is 0 Å². The van der Waals surface area contributed by atoms with E-state index in [0.29, 0.717) is 5.69 Å². The van der Waals surface area contributed by atoms with E-state index in [0.717, 1.165) is 0 Å². The summed E-state index contributed by atoms with van der Waals surface area (Å²) in [5.41, 5.74) is 0.446. The topological polar surface area (TPSA) is 68.2 Å². The van der Waals surface area contributed by atoms with E-state index in [1.807, 2.05) is 0 Å². The maximum absolute atomic E-state index is 13.8. The summed E-state index contributed by atoms with van der Waals surface area (Å²) >= 11 is 0. The Morgan fingerprint density at radius 3 is 2.14 bits per heavy atom. The van der Waals surface area contributed by atoms with Crippen molar-refractivity contribution in [2.24, 2.45) is 4.99 Å². The van der Waals surface area contributed by atoms with Crippen molar-refractivity contribution in [1.82, 2.24) is 0 Å². The minimum Gasteiger partial charge on any atom is -0.465 e. The van der Waals surface area contributed by atoms with Gasteiger partial charge in [0.15, 0.2) is 5.82 Å². The van der Waals surface area contributed by atoms with Crippen LogP contribution in [0, 0.1) is 5.82 Å². The summed E-state index contributed by atoms with van der Waals surface area (Å²) < 4.78 is 23.5. The summed E-state index contributed by atoms with van der Waals surface area (Å²) in [7, 11) is 0. The summed E-state index contributed by atoms with van der Waals surface area (Å²) in [4.78, 5) is 28.2. The number of aliphatic imine (C=N–C) groups is 1. The van der Waals surface area contributed by atoms with Gasteiger partial charge in [0.25, 0.3) is 0 Å². The Balaban J connectivity index is 2.97. The van der Waals surface area contributed by atoms with E-state index in [1.54, 1.807) is 19.9 Å². The van der Waals surface area contributed by atoms with Crippen LogP contribution in [0.1, 0.15) is 13.8 Å². The van der Waals surface area contributed by atoms with Gasteiger partial charge in [0.1, 0.15) is 13.1 Å². The molecule has 0 aliphatic heterocycles. The van der Waals surface area contributed by atoms with Crippen LogP contribution in [0.3, 0.4) is 0 Å². The average molecular weight is 310 g/mol. The minimum atomic E-state index is -0.592. The lowest BCUT2D eigenvalue weighted by atomic mass is 10.2. The van der Waals surface area contributed by atoms with E-state index in [9.17, 15) is 14.0 Å². The lowest BCUT2D eigenvalue weighted by Crippen LogP contribution is -2.36. The third-order valence-electron chi connectivity index (χ3n) is 2.72. The second kappa shape index (κ2) is 8.76. The first-order valence-electron chi connectivity index (χ1n) is 6.84. The number of hydrogen-bond donors (Lipinski definition) is 0. The van der Waals surface area contributed by atoms with E-state index in [4.69, 9.17) is 9.47 Å². The van der Waals surface area contributed by atoms with Crippen LogP contribution in [0.5, 0.6) is 0 Å². The Morgan fingerprint density at radius 1 is 1.18 bits per heavy atom. The van der Waals surface area contributed by atoms with Crippen LogP contribution in [0.2, 0.25) is 0 Å². The maximum Gasteiger partial charge on any atom is 0.325 e. The fourth-order valence-corrected chi connectivity index (χ4v) is 1.78. The van der Waals surface area contributed by atoms with Gasteiger partial charge in [0, 0.05) is 5.69 Å². The first kappa shape index (κ1) is 17.6. The molecule has 0 bridgehead atoms. The van der Waals surface area contributed by atoms with Crippen molar-refractivity contribution in [1.29, 1.82) is 0 Å². The van der Waals surface area contributed by atoms with Gasteiger partial charge in [-0.2, -0.15) is 0 Å². The summed E-state index contributed by atoms with van der Waals surface area (Å²) in [6.07, 6.45) is 0. The molecule has 0 aromatic heterocycles. The molecule has 22 heavy (non-hydrogen) atoms. The molecule has 0 fully saturated rings. The Hall–Kier alpha value is -2.44. The molecule has 0 N–H and O–H groups in total. The number of nitrogens with zero attached hydrogens (tertiary/aromatic N) is 2. The number of anilines is 1. The Morgan fingerprint density at radius 2 is 1.73 bits per heavy atom. The monoisotopic (exact) mass is 310 g/mol. The van der Waals surface area contributed by atoms with E-state index in [-0.39, 0.29) is 32.0 Å². The molecule has 1 rings (SSSR count). The van der Waals surface area contributed by atoms with E-state index < -0.39 is 17.8 Å². The van der Waals surface area contributed by atoms with Crippen molar-refractivity contribution >= 4 is 30.0 Å².